The molecule has 0 bridgehead atoms. The number of benzene rings is 5. The van der Waals surface area contributed by atoms with Crippen LogP contribution in [0.4, 0.5) is 0 Å². The van der Waals surface area contributed by atoms with Crippen molar-refractivity contribution in [1.29, 1.82) is 5.26 Å². The van der Waals surface area contributed by atoms with Crippen LogP contribution in [-0.4, -0.2) is 24.5 Å². The highest BCUT2D eigenvalue weighted by molar-refractivity contribution is 7.26. The van der Waals surface area contributed by atoms with Gasteiger partial charge in [0.1, 0.15) is 0 Å². The number of thiophene rings is 1. The molecule has 5 aromatic carbocycles. The van der Waals surface area contributed by atoms with Gasteiger partial charge in [-0.25, -0.2) is 15.0 Å². The molecule has 0 aliphatic carbocycles. The SMILES string of the molecule is N#Cc1cccc(-c2nc(-c3ccccc3)nc(-c3cc(-n4c5ccccc5c5ccccc54)cc4c3sc3cnccc34)n2)c1. The standard InChI is InChI=1S/C39H22N6S/c40-22-24-9-8-12-26(19-24)38-42-37(25-10-2-1-3-11-25)43-39(44-38)32-21-27(20-31-30-17-18-41-23-35(30)46-36(31)32)45-33-15-6-4-13-28(33)29-14-5-7-16-34(29)45/h1-21,23H. The molecule has 0 saturated carbocycles. The zero-order valence-electron chi connectivity index (χ0n) is 24.3. The fourth-order valence-corrected chi connectivity index (χ4v) is 7.44. The monoisotopic (exact) mass is 606 g/mol. The fourth-order valence-electron chi connectivity index (χ4n) is 6.28. The van der Waals surface area contributed by atoms with Gasteiger partial charge in [0.15, 0.2) is 17.5 Å². The molecule has 4 heterocycles. The molecule has 0 N–H and O–H groups in total. The van der Waals surface area contributed by atoms with Crippen LogP contribution in [0.3, 0.4) is 0 Å². The number of hydrogen-bond acceptors (Lipinski definition) is 6. The normalized spacial score (nSPS) is 11.5. The number of rotatable bonds is 4. The van der Waals surface area contributed by atoms with Crippen LogP contribution in [0.2, 0.25) is 0 Å². The number of fused-ring (bicyclic) bond motifs is 6. The molecule has 0 fully saturated rings. The Kier molecular flexibility index (Phi) is 5.95. The third-order valence-electron chi connectivity index (χ3n) is 8.36. The van der Waals surface area contributed by atoms with Crippen molar-refractivity contribution in [3.63, 3.8) is 0 Å². The maximum atomic E-state index is 9.62. The van der Waals surface area contributed by atoms with E-state index in [1.165, 1.54) is 10.8 Å². The van der Waals surface area contributed by atoms with Crippen LogP contribution >= 0.6 is 11.3 Å². The first kappa shape index (κ1) is 26.2. The Bertz CT molecular complexity index is 2610. The Labute approximate surface area is 267 Å². The number of aromatic nitrogens is 5. The lowest BCUT2D eigenvalue weighted by molar-refractivity contribution is 1.07. The molecule has 9 aromatic rings. The number of nitriles is 1. The molecule has 214 valence electrons. The molecule has 0 atom stereocenters. The summed E-state index contributed by atoms with van der Waals surface area (Å²) in [5, 5.41) is 14.3. The van der Waals surface area contributed by atoms with Crippen molar-refractivity contribution in [1.82, 2.24) is 24.5 Å². The molecule has 0 spiro atoms. The second-order valence-electron chi connectivity index (χ2n) is 11.1. The van der Waals surface area contributed by atoms with E-state index in [1.807, 2.05) is 60.9 Å². The molecule has 0 radical (unpaired) electrons. The van der Waals surface area contributed by atoms with E-state index in [-0.39, 0.29) is 0 Å². The second-order valence-corrected chi connectivity index (χ2v) is 12.1. The van der Waals surface area contributed by atoms with Crippen LogP contribution in [0.25, 0.3) is 81.8 Å². The van der Waals surface area contributed by atoms with E-state index in [9.17, 15) is 5.26 Å². The fraction of sp³-hybridized carbons (Fsp3) is 0. The van der Waals surface area contributed by atoms with Crippen molar-refractivity contribution < 1.29 is 0 Å². The molecule has 0 unspecified atom stereocenters. The first-order valence-electron chi connectivity index (χ1n) is 14.9. The molecular formula is C39H22N6S. The lowest BCUT2D eigenvalue weighted by atomic mass is 10.1. The Morgan fingerprint density at radius 1 is 0.587 bits per heavy atom. The molecule has 4 aromatic heterocycles. The summed E-state index contributed by atoms with van der Waals surface area (Å²) in [5.74, 6) is 1.65. The van der Waals surface area contributed by atoms with Crippen molar-refractivity contribution in [3.8, 4) is 45.9 Å². The summed E-state index contributed by atoms with van der Waals surface area (Å²) in [5.41, 5.74) is 6.39. The van der Waals surface area contributed by atoms with Crippen molar-refractivity contribution >= 4 is 53.3 Å². The van der Waals surface area contributed by atoms with E-state index in [4.69, 9.17) is 15.0 Å². The Balaban J connectivity index is 1.39. The second kappa shape index (κ2) is 10.4. The molecular weight excluding hydrogens is 585 g/mol. The summed E-state index contributed by atoms with van der Waals surface area (Å²) in [6.07, 6.45) is 3.77. The first-order chi connectivity index (χ1) is 22.7. The van der Waals surface area contributed by atoms with E-state index in [1.54, 1.807) is 17.4 Å². The smallest absolute Gasteiger partial charge is 0.165 e. The highest BCUT2D eigenvalue weighted by Crippen LogP contribution is 2.42. The third kappa shape index (κ3) is 4.16. The summed E-state index contributed by atoms with van der Waals surface area (Å²) >= 11 is 1.69. The van der Waals surface area contributed by atoms with Gasteiger partial charge in [0, 0.05) is 61.0 Å². The maximum Gasteiger partial charge on any atom is 0.165 e. The van der Waals surface area contributed by atoms with Crippen LogP contribution in [0.5, 0.6) is 0 Å². The predicted molar refractivity (Wildman–Crippen MR) is 186 cm³/mol. The maximum absolute atomic E-state index is 9.62. The van der Waals surface area contributed by atoms with Crippen molar-refractivity contribution in [2.75, 3.05) is 0 Å². The predicted octanol–water partition coefficient (Wildman–Crippen LogP) is 9.60. The molecule has 0 amide bonds. The van der Waals surface area contributed by atoms with Gasteiger partial charge < -0.3 is 4.57 Å². The van der Waals surface area contributed by atoms with Gasteiger partial charge in [-0.1, -0.05) is 78.9 Å². The summed E-state index contributed by atoms with van der Waals surface area (Å²) in [6, 6.07) is 43.2. The quantitative estimate of drug-likeness (QED) is 0.199. The lowest BCUT2D eigenvalue weighted by Gasteiger charge is -2.13. The van der Waals surface area contributed by atoms with Crippen LogP contribution in [0, 0.1) is 11.3 Å². The minimum absolute atomic E-state index is 0.513. The molecule has 0 aliphatic heterocycles. The number of para-hydroxylation sites is 2. The summed E-state index contributed by atoms with van der Waals surface area (Å²) in [4.78, 5) is 19.5. The van der Waals surface area contributed by atoms with E-state index in [0.717, 1.165) is 53.6 Å². The highest BCUT2D eigenvalue weighted by atomic mass is 32.1. The van der Waals surface area contributed by atoms with Crippen LogP contribution in [0.15, 0.2) is 134 Å². The zero-order chi connectivity index (χ0) is 30.6. The van der Waals surface area contributed by atoms with Crippen molar-refractivity contribution in [2.45, 2.75) is 0 Å². The lowest BCUT2D eigenvalue weighted by Crippen LogP contribution is -2.01. The van der Waals surface area contributed by atoms with E-state index in [2.05, 4.69) is 82.4 Å². The Morgan fingerprint density at radius 2 is 1.26 bits per heavy atom. The zero-order valence-corrected chi connectivity index (χ0v) is 25.1. The molecule has 7 heteroatoms. The third-order valence-corrected chi connectivity index (χ3v) is 9.55. The summed E-state index contributed by atoms with van der Waals surface area (Å²) in [6.45, 7) is 0. The van der Waals surface area contributed by atoms with Gasteiger partial charge in [-0.05, 0) is 42.5 Å². The Morgan fingerprint density at radius 3 is 2.02 bits per heavy atom. The molecule has 6 nitrogen and oxygen atoms in total. The minimum atomic E-state index is 0.513. The van der Waals surface area contributed by atoms with Crippen molar-refractivity contribution in [3.05, 3.63) is 139 Å². The van der Waals surface area contributed by atoms with Crippen LogP contribution in [0.1, 0.15) is 5.56 Å². The number of pyridine rings is 1. The molecule has 0 aliphatic rings. The molecule has 9 rings (SSSR count). The highest BCUT2D eigenvalue weighted by Gasteiger charge is 2.20. The Hall–Kier alpha value is -6.23. The topological polar surface area (TPSA) is 80.3 Å². The number of hydrogen-bond donors (Lipinski definition) is 0. The molecule has 46 heavy (non-hydrogen) atoms. The van der Waals surface area contributed by atoms with Gasteiger partial charge in [-0.15, -0.1) is 11.3 Å². The van der Waals surface area contributed by atoms with E-state index < -0.39 is 0 Å². The summed E-state index contributed by atoms with van der Waals surface area (Å²) < 4.78 is 4.50. The van der Waals surface area contributed by atoms with Crippen molar-refractivity contribution in [2.24, 2.45) is 0 Å². The largest absolute Gasteiger partial charge is 0.309 e. The van der Waals surface area contributed by atoms with E-state index in [0.29, 0.717) is 23.0 Å². The van der Waals surface area contributed by atoms with Crippen LogP contribution < -0.4 is 0 Å². The van der Waals surface area contributed by atoms with Gasteiger partial charge in [-0.2, -0.15) is 5.26 Å². The van der Waals surface area contributed by atoms with Gasteiger partial charge in [0.05, 0.1) is 27.4 Å². The number of nitrogens with zero attached hydrogens (tertiary/aromatic N) is 6. The average molecular weight is 607 g/mol. The summed E-state index contributed by atoms with van der Waals surface area (Å²) in [7, 11) is 0. The van der Waals surface area contributed by atoms with Gasteiger partial charge in [0.2, 0.25) is 0 Å². The van der Waals surface area contributed by atoms with E-state index >= 15 is 0 Å². The molecule has 0 saturated heterocycles. The average Bonchev–Trinajstić information content (AvgIpc) is 3.67. The van der Waals surface area contributed by atoms with Gasteiger partial charge >= 0.3 is 0 Å². The van der Waals surface area contributed by atoms with Crippen LogP contribution in [-0.2, 0) is 0 Å². The van der Waals surface area contributed by atoms with Gasteiger partial charge in [0.25, 0.3) is 0 Å². The minimum Gasteiger partial charge on any atom is -0.309 e. The van der Waals surface area contributed by atoms with Gasteiger partial charge in [-0.3, -0.25) is 4.98 Å². The first-order valence-corrected chi connectivity index (χ1v) is 15.7.